The van der Waals surface area contributed by atoms with Crippen LogP contribution in [-0.2, 0) is 4.74 Å². The number of hydrogen-bond donors (Lipinski definition) is 1. The first-order chi connectivity index (χ1) is 8.34. The molecule has 2 rings (SSSR count). The third-order valence-electron chi connectivity index (χ3n) is 3.16. The summed E-state index contributed by atoms with van der Waals surface area (Å²) in [5.74, 6) is 0.979. The standard InChI is InChI=1S/C14H21NO2/c1-13-3-5-14(6-4-13)17-10-2-7-15-8-11-16-12-9-15/h3-6H,2,7-12H2,1H3/p+1. The maximum atomic E-state index is 5.71. The van der Waals surface area contributed by atoms with E-state index in [1.807, 2.05) is 12.1 Å². The van der Waals surface area contributed by atoms with Gasteiger partial charge in [0.25, 0.3) is 0 Å². The lowest BCUT2D eigenvalue weighted by atomic mass is 10.2. The molecule has 1 aromatic carbocycles. The van der Waals surface area contributed by atoms with E-state index in [9.17, 15) is 0 Å². The predicted molar refractivity (Wildman–Crippen MR) is 67.7 cm³/mol. The lowest BCUT2D eigenvalue weighted by Crippen LogP contribution is -3.14. The molecule has 1 heterocycles. The van der Waals surface area contributed by atoms with E-state index < -0.39 is 0 Å². The van der Waals surface area contributed by atoms with Crippen LogP contribution in [-0.4, -0.2) is 39.5 Å². The first-order valence-electron chi connectivity index (χ1n) is 6.45. The molecule has 0 bridgehead atoms. The monoisotopic (exact) mass is 236 g/mol. The number of nitrogens with one attached hydrogen (secondary N) is 1. The molecular weight excluding hydrogens is 214 g/mol. The Labute approximate surface area is 103 Å². The Bertz CT molecular complexity index is 317. The molecular formula is C14H22NO2+. The fourth-order valence-electron chi connectivity index (χ4n) is 2.06. The van der Waals surface area contributed by atoms with E-state index in [-0.39, 0.29) is 0 Å². The van der Waals surface area contributed by atoms with Gasteiger partial charge in [-0.15, -0.1) is 0 Å². The molecule has 17 heavy (non-hydrogen) atoms. The van der Waals surface area contributed by atoms with Crippen LogP contribution in [0.4, 0.5) is 0 Å². The Morgan fingerprint density at radius 2 is 1.88 bits per heavy atom. The summed E-state index contributed by atoms with van der Waals surface area (Å²) in [5.41, 5.74) is 1.27. The highest BCUT2D eigenvalue weighted by atomic mass is 16.5. The number of benzene rings is 1. The lowest BCUT2D eigenvalue weighted by Gasteiger charge is -2.23. The molecule has 1 aromatic rings. The van der Waals surface area contributed by atoms with Crippen molar-refractivity contribution in [1.29, 1.82) is 0 Å². The van der Waals surface area contributed by atoms with Crippen molar-refractivity contribution < 1.29 is 14.4 Å². The van der Waals surface area contributed by atoms with Crippen molar-refractivity contribution in [2.75, 3.05) is 39.5 Å². The van der Waals surface area contributed by atoms with Gasteiger partial charge >= 0.3 is 0 Å². The molecule has 1 aliphatic heterocycles. The largest absolute Gasteiger partial charge is 0.493 e. The number of aryl methyl sites for hydroxylation is 1. The average molecular weight is 236 g/mol. The first kappa shape index (κ1) is 12.4. The van der Waals surface area contributed by atoms with Crippen LogP contribution in [0.1, 0.15) is 12.0 Å². The Balaban J connectivity index is 1.60. The second-order valence-electron chi connectivity index (χ2n) is 4.63. The van der Waals surface area contributed by atoms with Gasteiger partial charge in [-0.25, -0.2) is 0 Å². The van der Waals surface area contributed by atoms with E-state index in [1.165, 1.54) is 12.1 Å². The molecule has 0 saturated carbocycles. The van der Waals surface area contributed by atoms with Crippen molar-refractivity contribution in [3.63, 3.8) is 0 Å². The molecule has 1 fully saturated rings. The highest BCUT2D eigenvalue weighted by molar-refractivity contribution is 5.26. The highest BCUT2D eigenvalue weighted by Crippen LogP contribution is 2.11. The third kappa shape index (κ3) is 4.36. The van der Waals surface area contributed by atoms with Crippen LogP contribution in [0.15, 0.2) is 24.3 Å². The van der Waals surface area contributed by atoms with E-state index in [2.05, 4.69) is 19.1 Å². The molecule has 3 nitrogen and oxygen atoms in total. The minimum Gasteiger partial charge on any atom is -0.493 e. The van der Waals surface area contributed by atoms with Gasteiger partial charge in [0.1, 0.15) is 18.8 Å². The quantitative estimate of drug-likeness (QED) is 0.760. The molecule has 0 amide bonds. The van der Waals surface area contributed by atoms with Crippen molar-refractivity contribution in [2.45, 2.75) is 13.3 Å². The smallest absolute Gasteiger partial charge is 0.119 e. The molecule has 0 aliphatic carbocycles. The lowest BCUT2D eigenvalue weighted by molar-refractivity contribution is -0.908. The molecule has 0 unspecified atom stereocenters. The van der Waals surface area contributed by atoms with E-state index in [1.54, 1.807) is 4.90 Å². The zero-order valence-corrected chi connectivity index (χ0v) is 10.6. The maximum absolute atomic E-state index is 5.71. The second-order valence-corrected chi connectivity index (χ2v) is 4.63. The zero-order valence-electron chi connectivity index (χ0n) is 10.6. The van der Waals surface area contributed by atoms with Crippen molar-refractivity contribution in [3.8, 4) is 5.75 Å². The molecule has 0 radical (unpaired) electrons. The van der Waals surface area contributed by atoms with Gasteiger partial charge in [-0.05, 0) is 19.1 Å². The van der Waals surface area contributed by atoms with Crippen LogP contribution in [0.3, 0.4) is 0 Å². The van der Waals surface area contributed by atoms with E-state index in [4.69, 9.17) is 9.47 Å². The van der Waals surface area contributed by atoms with Crippen molar-refractivity contribution in [2.24, 2.45) is 0 Å². The van der Waals surface area contributed by atoms with Crippen molar-refractivity contribution in [1.82, 2.24) is 0 Å². The normalized spacial score (nSPS) is 17.0. The van der Waals surface area contributed by atoms with Gasteiger partial charge in [0.2, 0.25) is 0 Å². The summed E-state index contributed by atoms with van der Waals surface area (Å²) in [5, 5.41) is 0. The van der Waals surface area contributed by atoms with Crippen LogP contribution in [0.5, 0.6) is 5.75 Å². The average Bonchev–Trinajstić information content (AvgIpc) is 2.38. The summed E-state index contributed by atoms with van der Waals surface area (Å²) in [4.78, 5) is 1.64. The molecule has 94 valence electrons. The summed E-state index contributed by atoms with van der Waals surface area (Å²) in [7, 11) is 0. The Hall–Kier alpha value is -1.06. The van der Waals surface area contributed by atoms with Crippen LogP contribution >= 0.6 is 0 Å². The van der Waals surface area contributed by atoms with Gasteiger partial charge < -0.3 is 14.4 Å². The predicted octanol–water partition coefficient (Wildman–Crippen LogP) is 0.679. The Morgan fingerprint density at radius 1 is 1.18 bits per heavy atom. The highest BCUT2D eigenvalue weighted by Gasteiger charge is 2.12. The summed E-state index contributed by atoms with van der Waals surface area (Å²) in [6, 6.07) is 8.25. The molecule has 0 atom stereocenters. The summed E-state index contributed by atoms with van der Waals surface area (Å²) in [6.45, 7) is 8.20. The molecule has 1 N–H and O–H groups in total. The fraction of sp³-hybridized carbons (Fsp3) is 0.571. The zero-order chi connectivity index (χ0) is 11.9. The van der Waals surface area contributed by atoms with E-state index in [0.717, 1.165) is 45.1 Å². The minimum absolute atomic E-state index is 0.813. The molecule has 1 aliphatic rings. The maximum Gasteiger partial charge on any atom is 0.119 e. The van der Waals surface area contributed by atoms with Gasteiger partial charge in [0.05, 0.1) is 26.4 Å². The topological polar surface area (TPSA) is 22.9 Å². The summed E-state index contributed by atoms with van der Waals surface area (Å²) < 4.78 is 11.0. The van der Waals surface area contributed by atoms with E-state index in [0.29, 0.717) is 0 Å². The number of hydrogen-bond acceptors (Lipinski definition) is 2. The van der Waals surface area contributed by atoms with Gasteiger partial charge in [-0.2, -0.15) is 0 Å². The molecule has 1 saturated heterocycles. The molecule has 0 aromatic heterocycles. The van der Waals surface area contributed by atoms with Crippen LogP contribution in [0.2, 0.25) is 0 Å². The van der Waals surface area contributed by atoms with Gasteiger partial charge in [-0.3, -0.25) is 0 Å². The number of morpholine rings is 1. The molecule has 0 spiro atoms. The minimum atomic E-state index is 0.813. The van der Waals surface area contributed by atoms with Crippen molar-refractivity contribution in [3.05, 3.63) is 29.8 Å². The summed E-state index contributed by atoms with van der Waals surface area (Å²) >= 11 is 0. The fourth-order valence-corrected chi connectivity index (χ4v) is 2.06. The Kier molecular flexibility index (Phi) is 4.83. The van der Waals surface area contributed by atoms with Gasteiger partial charge in [0.15, 0.2) is 0 Å². The first-order valence-corrected chi connectivity index (χ1v) is 6.45. The number of ether oxygens (including phenoxy) is 2. The third-order valence-corrected chi connectivity index (χ3v) is 3.16. The number of rotatable bonds is 5. The second kappa shape index (κ2) is 6.62. The number of quaternary nitrogens is 1. The van der Waals surface area contributed by atoms with Gasteiger partial charge in [0, 0.05) is 6.42 Å². The summed E-state index contributed by atoms with van der Waals surface area (Å²) in [6.07, 6.45) is 1.11. The van der Waals surface area contributed by atoms with Crippen molar-refractivity contribution >= 4 is 0 Å². The Morgan fingerprint density at radius 3 is 2.59 bits per heavy atom. The van der Waals surface area contributed by atoms with Gasteiger partial charge in [-0.1, -0.05) is 17.7 Å². The SMILES string of the molecule is Cc1ccc(OCCC[NH+]2CCOCC2)cc1. The van der Waals surface area contributed by atoms with Crippen LogP contribution < -0.4 is 9.64 Å². The molecule has 3 heteroatoms. The van der Waals surface area contributed by atoms with E-state index >= 15 is 0 Å². The van der Waals surface area contributed by atoms with Crippen LogP contribution in [0.25, 0.3) is 0 Å². The van der Waals surface area contributed by atoms with Crippen LogP contribution in [0, 0.1) is 6.92 Å².